The van der Waals surface area contributed by atoms with Gasteiger partial charge in [0.1, 0.15) is 0 Å². The molecule has 0 radical (unpaired) electrons. The van der Waals surface area contributed by atoms with Crippen LogP contribution in [0.25, 0.3) is 0 Å². The normalized spacial score (nSPS) is 14.0. The maximum atomic E-state index is 11.9. The summed E-state index contributed by atoms with van der Waals surface area (Å²) in [5.41, 5.74) is 1.91. The summed E-state index contributed by atoms with van der Waals surface area (Å²) in [7, 11) is 3.47. The summed E-state index contributed by atoms with van der Waals surface area (Å²) < 4.78 is 1.48. The third-order valence-corrected chi connectivity index (χ3v) is 3.28. The minimum atomic E-state index is -0.0836. The first kappa shape index (κ1) is 13.7. The molecule has 0 bridgehead atoms. The van der Waals surface area contributed by atoms with Crippen LogP contribution in [0.5, 0.6) is 0 Å². The molecule has 1 aliphatic heterocycles. The van der Waals surface area contributed by atoms with Crippen LogP contribution in [0.2, 0.25) is 0 Å². The first-order valence-corrected chi connectivity index (χ1v) is 6.58. The van der Waals surface area contributed by atoms with Crippen molar-refractivity contribution < 1.29 is 4.79 Å². The highest BCUT2D eigenvalue weighted by Gasteiger charge is 2.13. The van der Waals surface area contributed by atoms with Gasteiger partial charge in [-0.3, -0.25) is 9.59 Å². The Morgan fingerprint density at radius 1 is 1.53 bits per heavy atom. The van der Waals surface area contributed by atoms with Crippen molar-refractivity contribution in [2.75, 3.05) is 20.6 Å². The molecular formula is C13H20N4O2. The second-order valence-corrected chi connectivity index (χ2v) is 5.00. The predicted molar refractivity (Wildman–Crippen MR) is 71.8 cm³/mol. The van der Waals surface area contributed by atoms with Crippen LogP contribution in [0.4, 0.5) is 0 Å². The monoisotopic (exact) mass is 264 g/mol. The second-order valence-electron chi connectivity index (χ2n) is 5.00. The molecular weight excluding hydrogens is 244 g/mol. The predicted octanol–water partition coefficient (Wildman–Crippen LogP) is -0.243. The lowest BCUT2D eigenvalue weighted by molar-refractivity contribution is -0.128. The van der Waals surface area contributed by atoms with Crippen LogP contribution in [0.1, 0.15) is 24.1 Å². The topological polar surface area (TPSA) is 67.2 Å². The van der Waals surface area contributed by atoms with E-state index in [0.29, 0.717) is 19.4 Å². The molecule has 0 aromatic carbocycles. The van der Waals surface area contributed by atoms with E-state index in [9.17, 15) is 9.59 Å². The number of hydrogen-bond acceptors (Lipinski definition) is 4. The van der Waals surface area contributed by atoms with Crippen molar-refractivity contribution in [3.63, 3.8) is 0 Å². The van der Waals surface area contributed by atoms with E-state index >= 15 is 0 Å². The second kappa shape index (κ2) is 5.97. The zero-order chi connectivity index (χ0) is 13.8. The molecule has 0 fully saturated rings. The van der Waals surface area contributed by atoms with Crippen molar-refractivity contribution in [3.05, 3.63) is 27.7 Å². The highest BCUT2D eigenvalue weighted by Crippen LogP contribution is 2.07. The standard InChI is InChI=1S/C13H20N4O2/c1-16(2)12(18)4-3-7-17-13(19)8-10-9-14-6-5-11(10)15-17/h8,14H,3-7,9H2,1-2H3. The van der Waals surface area contributed by atoms with Crippen LogP contribution in [-0.2, 0) is 24.3 Å². The van der Waals surface area contributed by atoms with E-state index in [-0.39, 0.29) is 11.5 Å². The summed E-state index contributed by atoms with van der Waals surface area (Å²) in [5, 5.41) is 7.61. The highest BCUT2D eigenvalue weighted by atomic mass is 16.2. The Bertz CT molecular complexity index is 522. The number of aryl methyl sites for hydroxylation is 1. The molecule has 2 heterocycles. The van der Waals surface area contributed by atoms with Crippen molar-refractivity contribution in [1.29, 1.82) is 0 Å². The lowest BCUT2D eigenvalue weighted by atomic mass is 10.1. The number of fused-ring (bicyclic) bond motifs is 1. The smallest absolute Gasteiger partial charge is 0.267 e. The van der Waals surface area contributed by atoms with Gasteiger partial charge in [-0.05, 0) is 12.0 Å². The molecule has 1 aliphatic rings. The number of aromatic nitrogens is 2. The third kappa shape index (κ3) is 3.41. The Kier molecular flexibility index (Phi) is 4.31. The van der Waals surface area contributed by atoms with Crippen LogP contribution in [0, 0.1) is 0 Å². The van der Waals surface area contributed by atoms with Gasteiger partial charge in [0.25, 0.3) is 5.56 Å². The number of nitrogens with zero attached hydrogens (tertiary/aromatic N) is 3. The van der Waals surface area contributed by atoms with Crippen LogP contribution < -0.4 is 10.9 Å². The summed E-state index contributed by atoms with van der Waals surface area (Å²) in [6, 6.07) is 1.66. The van der Waals surface area contributed by atoms with E-state index < -0.39 is 0 Å². The fraction of sp³-hybridized carbons (Fsp3) is 0.615. The van der Waals surface area contributed by atoms with Gasteiger partial charge in [0.05, 0.1) is 5.69 Å². The molecule has 0 aliphatic carbocycles. The quantitative estimate of drug-likeness (QED) is 0.815. The maximum absolute atomic E-state index is 11.9. The van der Waals surface area contributed by atoms with Gasteiger partial charge >= 0.3 is 0 Å². The molecule has 0 saturated carbocycles. The van der Waals surface area contributed by atoms with Crippen molar-refractivity contribution in [1.82, 2.24) is 20.0 Å². The minimum Gasteiger partial charge on any atom is -0.349 e. The molecule has 6 heteroatoms. The number of carbonyl (C=O) groups is 1. The van der Waals surface area contributed by atoms with Gasteiger partial charge in [-0.2, -0.15) is 5.10 Å². The van der Waals surface area contributed by atoms with E-state index in [1.807, 2.05) is 0 Å². The van der Waals surface area contributed by atoms with Crippen LogP contribution >= 0.6 is 0 Å². The third-order valence-electron chi connectivity index (χ3n) is 3.28. The van der Waals surface area contributed by atoms with E-state index in [2.05, 4.69) is 10.4 Å². The van der Waals surface area contributed by atoms with Crippen LogP contribution in [-0.4, -0.2) is 41.2 Å². The fourth-order valence-corrected chi connectivity index (χ4v) is 2.12. The Balaban J connectivity index is 2.01. The molecule has 0 spiro atoms. The molecule has 1 aromatic rings. The average molecular weight is 264 g/mol. The molecule has 6 nitrogen and oxygen atoms in total. The molecule has 0 unspecified atom stereocenters. The lowest BCUT2D eigenvalue weighted by Gasteiger charge is -2.17. The molecule has 1 amide bonds. The van der Waals surface area contributed by atoms with Gasteiger partial charge in [-0.1, -0.05) is 0 Å². The van der Waals surface area contributed by atoms with Crippen LogP contribution in [0.15, 0.2) is 10.9 Å². The number of carbonyl (C=O) groups excluding carboxylic acids is 1. The van der Waals surface area contributed by atoms with Crippen LogP contribution in [0.3, 0.4) is 0 Å². The molecule has 1 aromatic heterocycles. The van der Waals surface area contributed by atoms with Gasteiger partial charge in [-0.15, -0.1) is 0 Å². The Morgan fingerprint density at radius 2 is 2.32 bits per heavy atom. The van der Waals surface area contributed by atoms with Crippen molar-refractivity contribution in [2.45, 2.75) is 32.4 Å². The van der Waals surface area contributed by atoms with E-state index in [4.69, 9.17) is 0 Å². The number of rotatable bonds is 4. The summed E-state index contributed by atoms with van der Waals surface area (Å²) in [6.45, 7) is 2.12. The largest absolute Gasteiger partial charge is 0.349 e. The SMILES string of the molecule is CN(C)C(=O)CCCn1nc2c(cc1=O)CNCC2. The van der Waals surface area contributed by atoms with Gasteiger partial charge in [-0.25, -0.2) is 4.68 Å². The minimum absolute atomic E-state index is 0.0789. The van der Waals surface area contributed by atoms with E-state index in [1.54, 1.807) is 25.1 Å². The maximum Gasteiger partial charge on any atom is 0.267 e. The van der Waals surface area contributed by atoms with E-state index in [1.165, 1.54) is 4.68 Å². The Hall–Kier alpha value is -1.69. The fourth-order valence-electron chi connectivity index (χ4n) is 2.12. The Morgan fingerprint density at radius 3 is 3.05 bits per heavy atom. The first-order valence-electron chi connectivity index (χ1n) is 6.58. The number of amides is 1. The summed E-state index contributed by atoms with van der Waals surface area (Å²) in [6.07, 6.45) is 1.94. The number of hydrogen-bond donors (Lipinski definition) is 1. The average Bonchev–Trinajstić information content (AvgIpc) is 2.39. The Labute approximate surface area is 112 Å². The zero-order valence-electron chi connectivity index (χ0n) is 11.5. The molecule has 19 heavy (non-hydrogen) atoms. The highest BCUT2D eigenvalue weighted by molar-refractivity contribution is 5.75. The number of nitrogens with one attached hydrogen (secondary N) is 1. The van der Waals surface area contributed by atoms with Crippen molar-refractivity contribution in [2.24, 2.45) is 0 Å². The summed E-state index contributed by atoms with van der Waals surface area (Å²) >= 11 is 0. The molecule has 0 saturated heterocycles. The van der Waals surface area contributed by atoms with Gasteiger partial charge in [0, 0.05) is 52.6 Å². The summed E-state index contributed by atoms with van der Waals surface area (Å²) in [4.78, 5) is 24.9. The molecule has 104 valence electrons. The van der Waals surface area contributed by atoms with E-state index in [0.717, 1.165) is 30.8 Å². The van der Waals surface area contributed by atoms with Gasteiger partial charge in [0.2, 0.25) is 5.91 Å². The lowest BCUT2D eigenvalue weighted by Crippen LogP contribution is -2.32. The van der Waals surface area contributed by atoms with Gasteiger partial charge < -0.3 is 10.2 Å². The zero-order valence-corrected chi connectivity index (χ0v) is 11.5. The summed E-state index contributed by atoms with van der Waals surface area (Å²) in [5.74, 6) is 0.0789. The molecule has 0 atom stereocenters. The van der Waals surface area contributed by atoms with Crippen molar-refractivity contribution >= 4 is 5.91 Å². The molecule has 1 N–H and O–H groups in total. The first-order chi connectivity index (χ1) is 9.08. The van der Waals surface area contributed by atoms with Crippen molar-refractivity contribution in [3.8, 4) is 0 Å². The molecule has 2 rings (SSSR count). The van der Waals surface area contributed by atoms with Gasteiger partial charge in [0.15, 0.2) is 0 Å².